The van der Waals surface area contributed by atoms with Crippen LogP contribution in [0.4, 0.5) is 5.82 Å². The zero-order valence-corrected chi connectivity index (χ0v) is 21.6. The molecule has 1 unspecified atom stereocenters. The maximum absolute atomic E-state index is 13.2. The van der Waals surface area contributed by atoms with Crippen LogP contribution in [0.2, 0.25) is 5.02 Å². The highest BCUT2D eigenvalue weighted by molar-refractivity contribution is 7.99. The van der Waals surface area contributed by atoms with Gasteiger partial charge in [-0.1, -0.05) is 23.4 Å². The molecular weight excluding hydrogens is 498 g/mol. The van der Waals surface area contributed by atoms with E-state index in [1.807, 2.05) is 18.3 Å². The van der Waals surface area contributed by atoms with Crippen molar-refractivity contribution in [3.05, 3.63) is 46.2 Å². The number of aromatic nitrogens is 4. The maximum Gasteiger partial charge on any atom is 0.262 e. The number of piperidine rings is 1. The van der Waals surface area contributed by atoms with Crippen LogP contribution in [0.25, 0.3) is 10.9 Å². The second kappa shape index (κ2) is 9.90. The van der Waals surface area contributed by atoms with Gasteiger partial charge >= 0.3 is 0 Å². The number of rotatable bonds is 5. The van der Waals surface area contributed by atoms with E-state index in [0.29, 0.717) is 35.1 Å². The normalized spacial score (nSPS) is 23.7. The summed E-state index contributed by atoms with van der Waals surface area (Å²) in [5.74, 6) is 0.860. The van der Waals surface area contributed by atoms with Crippen LogP contribution in [0.5, 0.6) is 0 Å². The van der Waals surface area contributed by atoms with Gasteiger partial charge in [-0.05, 0) is 44.4 Å². The Labute approximate surface area is 218 Å². The van der Waals surface area contributed by atoms with Gasteiger partial charge in [-0.3, -0.25) is 9.36 Å². The number of nitrogens with zero attached hydrogens (tertiary/aromatic N) is 5. The van der Waals surface area contributed by atoms with Gasteiger partial charge in [-0.15, -0.1) is 0 Å². The molecule has 2 aromatic heterocycles. The Hall–Kier alpha value is -2.24. The number of hydrogen-bond donors (Lipinski definition) is 2. The topological polar surface area (TPSA) is 111 Å². The van der Waals surface area contributed by atoms with Gasteiger partial charge in [-0.2, -0.15) is 0 Å². The molecule has 0 aliphatic carbocycles. The lowest BCUT2D eigenvalue weighted by Crippen LogP contribution is -2.49. The molecule has 1 spiro atoms. The third-order valence-electron chi connectivity index (χ3n) is 7.86. The highest BCUT2D eigenvalue weighted by Crippen LogP contribution is 2.40. The predicted molar refractivity (Wildman–Crippen MR) is 141 cm³/mol. The van der Waals surface area contributed by atoms with Gasteiger partial charge in [0.25, 0.3) is 5.56 Å². The number of ether oxygens (including phenoxy) is 1. The van der Waals surface area contributed by atoms with Gasteiger partial charge in [-0.25, -0.2) is 15.0 Å². The molecule has 3 saturated heterocycles. The van der Waals surface area contributed by atoms with Crippen molar-refractivity contribution in [3.8, 4) is 0 Å². The summed E-state index contributed by atoms with van der Waals surface area (Å²) < 4.78 is 7.29. The number of hydrogen-bond acceptors (Lipinski definition) is 9. The van der Waals surface area contributed by atoms with Crippen molar-refractivity contribution < 1.29 is 4.74 Å². The first-order valence-corrected chi connectivity index (χ1v) is 13.7. The van der Waals surface area contributed by atoms with E-state index in [-0.39, 0.29) is 17.0 Å². The number of benzene rings is 1. The summed E-state index contributed by atoms with van der Waals surface area (Å²) in [6.07, 6.45) is 9.38. The van der Waals surface area contributed by atoms with Crippen LogP contribution in [0.3, 0.4) is 0 Å². The number of anilines is 1. The van der Waals surface area contributed by atoms with E-state index in [2.05, 4.69) is 25.2 Å². The first-order chi connectivity index (χ1) is 17.5. The van der Waals surface area contributed by atoms with E-state index in [1.165, 1.54) is 11.8 Å². The highest BCUT2D eigenvalue weighted by atomic mass is 35.5. The van der Waals surface area contributed by atoms with Crippen LogP contribution in [0, 0.1) is 5.41 Å². The Bertz CT molecular complexity index is 1300. The Balaban J connectivity index is 1.17. The summed E-state index contributed by atoms with van der Waals surface area (Å²) >= 11 is 8.14. The zero-order chi connectivity index (χ0) is 24.7. The van der Waals surface area contributed by atoms with Crippen molar-refractivity contribution in [2.75, 3.05) is 37.7 Å². The molecule has 190 valence electrons. The van der Waals surface area contributed by atoms with Crippen LogP contribution in [0.1, 0.15) is 25.7 Å². The van der Waals surface area contributed by atoms with Gasteiger partial charge in [0.2, 0.25) is 0 Å². The average molecular weight is 528 g/mol. The molecule has 6 rings (SSSR count). The predicted octanol–water partition coefficient (Wildman–Crippen LogP) is 2.69. The molecule has 2 atom stereocenters. The molecule has 0 bridgehead atoms. The van der Waals surface area contributed by atoms with Crippen LogP contribution in [-0.2, 0) is 11.3 Å². The largest absolute Gasteiger partial charge is 0.379 e. The quantitative estimate of drug-likeness (QED) is 0.517. The van der Waals surface area contributed by atoms with Crippen molar-refractivity contribution in [1.82, 2.24) is 24.8 Å². The molecule has 0 amide bonds. The number of nitrogens with two attached hydrogens (primary N) is 1. The van der Waals surface area contributed by atoms with E-state index in [0.717, 1.165) is 67.7 Å². The second-order valence-electron chi connectivity index (χ2n) is 10.1. The van der Waals surface area contributed by atoms with E-state index in [1.54, 1.807) is 17.1 Å². The SMILES string of the molecule is N[C@@H]1COCC12CCN(c1cnc(Sc3ccc4ncn(CC5CCCN5)c(=O)c4c3Cl)cn1)CC2. The third-order valence-corrected chi connectivity index (χ3v) is 9.35. The number of halogens is 1. The van der Waals surface area contributed by atoms with Crippen molar-refractivity contribution in [2.24, 2.45) is 11.1 Å². The van der Waals surface area contributed by atoms with E-state index in [9.17, 15) is 4.79 Å². The molecule has 3 fully saturated rings. The molecule has 3 N–H and O–H groups in total. The van der Waals surface area contributed by atoms with Crippen LogP contribution >= 0.6 is 23.4 Å². The Morgan fingerprint density at radius 2 is 2.08 bits per heavy atom. The van der Waals surface area contributed by atoms with Crippen molar-refractivity contribution in [2.45, 2.75) is 54.2 Å². The minimum absolute atomic E-state index is 0.105. The van der Waals surface area contributed by atoms with E-state index < -0.39 is 0 Å². The van der Waals surface area contributed by atoms with Gasteiger partial charge in [0.05, 0.1) is 47.9 Å². The molecular formula is C25H30ClN7O2S. The Morgan fingerprint density at radius 1 is 1.22 bits per heavy atom. The fourth-order valence-electron chi connectivity index (χ4n) is 5.55. The lowest BCUT2D eigenvalue weighted by atomic mass is 9.75. The van der Waals surface area contributed by atoms with Gasteiger partial charge in [0.1, 0.15) is 10.8 Å². The number of nitrogens with one attached hydrogen (secondary N) is 1. The Kier molecular flexibility index (Phi) is 6.64. The standard InChI is InChI=1S/C25H30ClN7O2S/c26-23-18(4-3-17-22(23)24(34)33(15-31-17)12-16-2-1-7-28-16)36-21-11-29-20(10-30-21)32-8-5-25(6-9-32)14-35-13-19(25)27/h3-4,10-11,15-16,19,28H,1-2,5-9,12-14,27H2/t16?,19-/m1/s1. The fourth-order valence-corrected chi connectivity index (χ4v) is 6.67. The van der Waals surface area contributed by atoms with Gasteiger partial charge in [0.15, 0.2) is 0 Å². The minimum Gasteiger partial charge on any atom is -0.379 e. The minimum atomic E-state index is -0.113. The molecule has 3 aromatic rings. The summed E-state index contributed by atoms with van der Waals surface area (Å²) in [6, 6.07) is 4.14. The smallest absolute Gasteiger partial charge is 0.262 e. The van der Waals surface area contributed by atoms with Crippen LogP contribution in [0.15, 0.2) is 45.6 Å². The van der Waals surface area contributed by atoms with E-state index in [4.69, 9.17) is 22.1 Å². The third kappa shape index (κ3) is 4.50. The first kappa shape index (κ1) is 24.1. The zero-order valence-electron chi connectivity index (χ0n) is 20.0. The molecule has 0 saturated carbocycles. The Morgan fingerprint density at radius 3 is 2.78 bits per heavy atom. The van der Waals surface area contributed by atoms with Crippen LogP contribution < -0.4 is 21.5 Å². The molecule has 9 nitrogen and oxygen atoms in total. The first-order valence-electron chi connectivity index (χ1n) is 12.5. The molecule has 11 heteroatoms. The van der Waals surface area contributed by atoms with E-state index >= 15 is 0 Å². The summed E-state index contributed by atoms with van der Waals surface area (Å²) in [5.41, 5.74) is 6.90. The molecule has 0 radical (unpaired) electrons. The van der Waals surface area contributed by atoms with Crippen molar-refractivity contribution >= 4 is 40.1 Å². The van der Waals surface area contributed by atoms with Crippen molar-refractivity contribution in [1.29, 1.82) is 0 Å². The summed E-state index contributed by atoms with van der Waals surface area (Å²) in [5, 5.41) is 5.00. The van der Waals surface area contributed by atoms with Crippen molar-refractivity contribution in [3.63, 3.8) is 0 Å². The maximum atomic E-state index is 13.2. The molecule has 5 heterocycles. The lowest BCUT2D eigenvalue weighted by molar-refractivity contribution is 0.131. The summed E-state index contributed by atoms with van der Waals surface area (Å²) in [6.45, 7) is 4.79. The molecule has 1 aromatic carbocycles. The lowest BCUT2D eigenvalue weighted by Gasteiger charge is -2.41. The highest BCUT2D eigenvalue weighted by Gasteiger charge is 2.44. The summed E-state index contributed by atoms with van der Waals surface area (Å²) in [7, 11) is 0. The fraction of sp³-hybridized carbons (Fsp3) is 0.520. The molecule has 3 aliphatic heterocycles. The molecule has 36 heavy (non-hydrogen) atoms. The number of fused-ring (bicyclic) bond motifs is 1. The second-order valence-corrected chi connectivity index (χ2v) is 11.5. The average Bonchev–Trinajstić information content (AvgIpc) is 3.53. The summed E-state index contributed by atoms with van der Waals surface area (Å²) in [4.78, 5) is 30.0. The van der Waals surface area contributed by atoms with Gasteiger partial charge in [0, 0.05) is 42.0 Å². The van der Waals surface area contributed by atoms with Gasteiger partial charge < -0.3 is 20.7 Å². The molecule has 3 aliphatic rings. The monoisotopic (exact) mass is 527 g/mol. The van der Waals surface area contributed by atoms with Crippen LogP contribution in [-0.4, -0.2) is 64.5 Å².